The Morgan fingerprint density at radius 2 is 2.27 bits per heavy atom. The van der Waals surface area contributed by atoms with E-state index in [1.807, 2.05) is 4.90 Å². The fraction of sp³-hybridized carbons (Fsp3) is 0.917. The Hall–Kier alpha value is -0.570. The monoisotopic (exact) mass is 212 g/mol. The van der Waals surface area contributed by atoms with E-state index in [0.29, 0.717) is 17.9 Å². The highest BCUT2D eigenvalue weighted by Gasteiger charge is 2.27. The van der Waals surface area contributed by atoms with Crippen molar-refractivity contribution in [2.75, 3.05) is 19.6 Å². The van der Waals surface area contributed by atoms with E-state index >= 15 is 0 Å². The Morgan fingerprint density at radius 1 is 1.53 bits per heavy atom. The zero-order valence-electron chi connectivity index (χ0n) is 10.3. The van der Waals surface area contributed by atoms with Gasteiger partial charge < -0.3 is 10.2 Å². The number of hydrogen-bond donors (Lipinski definition) is 1. The standard InChI is InChI=1S/C12H24N2O/c1-4-11-8-12(15)14(9-11)7-5-6-13-10(2)3/h10-11,13H,4-9H2,1-3H3. The molecule has 0 aromatic carbocycles. The zero-order chi connectivity index (χ0) is 11.3. The van der Waals surface area contributed by atoms with Gasteiger partial charge in [0.25, 0.3) is 0 Å². The highest BCUT2D eigenvalue weighted by atomic mass is 16.2. The van der Waals surface area contributed by atoms with Crippen LogP contribution in [0.25, 0.3) is 0 Å². The number of amides is 1. The number of rotatable bonds is 6. The lowest BCUT2D eigenvalue weighted by Crippen LogP contribution is -2.30. The molecule has 0 bridgehead atoms. The van der Waals surface area contributed by atoms with E-state index < -0.39 is 0 Å². The number of nitrogens with zero attached hydrogens (tertiary/aromatic N) is 1. The predicted octanol–water partition coefficient (Wildman–Crippen LogP) is 1.63. The molecule has 1 aliphatic heterocycles. The van der Waals surface area contributed by atoms with Crippen molar-refractivity contribution < 1.29 is 4.79 Å². The molecular weight excluding hydrogens is 188 g/mol. The van der Waals surface area contributed by atoms with Crippen LogP contribution in [0.3, 0.4) is 0 Å². The summed E-state index contributed by atoms with van der Waals surface area (Å²) < 4.78 is 0. The SMILES string of the molecule is CCC1CC(=O)N(CCCNC(C)C)C1. The van der Waals surface area contributed by atoms with Crippen molar-refractivity contribution in [1.82, 2.24) is 10.2 Å². The number of carbonyl (C=O) groups is 1. The molecule has 1 unspecified atom stereocenters. The highest BCUT2D eigenvalue weighted by Crippen LogP contribution is 2.20. The van der Waals surface area contributed by atoms with Crippen molar-refractivity contribution >= 4 is 5.91 Å². The van der Waals surface area contributed by atoms with Gasteiger partial charge in [-0.05, 0) is 18.9 Å². The largest absolute Gasteiger partial charge is 0.342 e. The summed E-state index contributed by atoms with van der Waals surface area (Å²) in [6, 6.07) is 0.544. The first-order valence-electron chi connectivity index (χ1n) is 6.14. The topological polar surface area (TPSA) is 32.3 Å². The van der Waals surface area contributed by atoms with Crippen LogP contribution in [0.1, 0.15) is 40.0 Å². The fourth-order valence-corrected chi connectivity index (χ4v) is 2.00. The molecule has 1 saturated heterocycles. The molecule has 1 N–H and O–H groups in total. The molecule has 1 amide bonds. The van der Waals surface area contributed by atoms with Gasteiger partial charge in [0.1, 0.15) is 0 Å². The normalized spacial score (nSPS) is 21.7. The highest BCUT2D eigenvalue weighted by molar-refractivity contribution is 5.78. The Morgan fingerprint density at radius 3 is 2.80 bits per heavy atom. The van der Waals surface area contributed by atoms with E-state index in [9.17, 15) is 4.79 Å². The number of carbonyl (C=O) groups excluding carboxylic acids is 1. The maximum absolute atomic E-state index is 11.6. The van der Waals surface area contributed by atoms with Gasteiger partial charge in [0.2, 0.25) is 5.91 Å². The molecule has 1 atom stereocenters. The first-order valence-corrected chi connectivity index (χ1v) is 6.14. The average Bonchev–Trinajstić information content (AvgIpc) is 2.54. The summed E-state index contributed by atoms with van der Waals surface area (Å²) in [5.41, 5.74) is 0. The van der Waals surface area contributed by atoms with Crippen molar-refractivity contribution in [2.45, 2.75) is 46.1 Å². The van der Waals surface area contributed by atoms with Gasteiger partial charge in [0.15, 0.2) is 0 Å². The summed E-state index contributed by atoms with van der Waals surface area (Å²) in [5.74, 6) is 0.960. The molecule has 1 rings (SSSR count). The van der Waals surface area contributed by atoms with E-state index in [2.05, 4.69) is 26.1 Å². The molecule has 0 aromatic heterocycles. The summed E-state index contributed by atoms with van der Waals surface area (Å²) >= 11 is 0. The van der Waals surface area contributed by atoms with Gasteiger partial charge in [-0.25, -0.2) is 0 Å². The molecule has 1 fully saturated rings. The van der Waals surface area contributed by atoms with Crippen LogP contribution in [-0.2, 0) is 4.79 Å². The van der Waals surface area contributed by atoms with Crippen molar-refractivity contribution in [3.8, 4) is 0 Å². The van der Waals surface area contributed by atoms with Gasteiger partial charge in [0, 0.05) is 25.6 Å². The molecule has 88 valence electrons. The van der Waals surface area contributed by atoms with Crippen molar-refractivity contribution in [1.29, 1.82) is 0 Å². The van der Waals surface area contributed by atoms with Gasteiger partial charge >= 0.3 is 0 Å². The third-order valence-corrected chi connectivity index (χ3v) is 3.03. The molecule has 1 aliphatic rings. The van der Waals surface area contributed by atoms with E-state index in [0.717, 1.165) is 38.9 Å². The molecule has 0 radical (unpaired) electrons. The lowest BCUT2D eigenvalue weighted by atomic mass is 10.1. The second-order valence-corrected chi connectivity index (χ2v) is 4.78. The third kappa shape index (κ3) is 4.20. The first-order chi connectivity index (χ1) is 7.13. The van der Waals surface area contributed by atoms with Crippen molar-refractivity contribution in [3.63, 3.8) is 0 Å². The van der Waals surface area contributed by atoms with Gasteiger partial charge in [-0.2, -0.15) is 0 Å². The Kier molecular flexibility index (Phi) is 5.09. The maximum atomic E-state index is 11.6. The molecule has 0 spiro atoms. The molecule has 0 aliphatic carbocycles. The second kappa shape index (κ2) is 6.11. The van der Waals surface area contributed by atoms with Crippen molar-refractivity contribution in [3.05, 3.63) is 0 Å². The van der Waals surface area contributed by atoms with Crippen molar-refractivity contribution in [2.24, 2.45) is 5.92 Å². The Labute approximate surface area is 93.2 Å². The molecular formula is C12H24N2O. The van der Waals surface area contributed by atoms with Gasteiger partial charge in [-0.3, -0.25) is 4.79 Å². The lowest BCUT2D eigenvalue weighted by molar-refractivity contribution is -0.127. The fourth-order valence-electron chi connectivity index (χ4n) is 2.00. The molecule has 3 heteroatoms. The van der Waals surface area contributed by atoms with Crippen LogP contribution in [0, 0.1) is 5.92 Å². The van der Waals surface area contributed by atoms with E-state index in [1.54, 1.807) is 0 Å². The predicted molar refractivity (Wildman–Crippen MR) is 62.7 cm³/mol. The summed E-state index contributed by atoms with van der Waals surface area (Å²) in [4.78, 5) is 13.6. The van der Waals surface area contributed by atoms with Crippen LogP contribution in [0.5, 0.6) is 0 Å². The third-order valence-electron chi connectivity index (χ3n) is 3.03. The van der Waals surface area contributed by atoms with Gasteiger partial charge in [-0.1, -0.05) is 27.2 Å². The number of likely N-dealkylation sites (tertiary alicyclic amines) is 1. The summed E-state index contributed by atoms with van der Waals surface area (Å²) in [6.07, 6.45) is 2.97. The van der Waals surface area contributed by atoms with Gasteiger partial charge in [0.05, 0.1) is 0 Å². The zero-order valence-corrected chi connectivity index (χ0v) is 10.3. The van der Waals surface area contributed by atoms with Crippen LogP contribution in [-0.4, -0.2) is 36.5 Å². The molecule has 15 heavy (non-hydrogen) atoms. The second-order valence-electron chi connectivity index (χ2n) is 4.78. The smallest absolute Gasteiger partial charge is 0.222 e. The number of nitrogens with one attached hydrogen (secondary N) is 1. The van der Waals surface area contributed by atoms with E-state index in [-0.39, 0.29) is 0 Å². The van der Waals surface area contributed by atoms with Crippen LogP contribution < -0.4 is 5.32 Å². The summed E-state index contributed by atoms with van der Waals surface area (Å²) in [7, 11) is 0. The lowest BCUT2D eigenvalue weighted by Gasteiger charge is -2.17. The Bertz CT molecular complexity index is 204. The maximum Gasteiger partial charge on any atom is 0.222 e. The molecule has 0 aromatic rings. The summed E-state index contributed by atoms with van der Waals surface area (Å²) in [5, 5.41) is 3.37. The van der Waals surface area contributed by atoms with Crippen LogP contribution in [0.4, 0.5) is 0 Å². The molecule has 1 heterocycles. The van der Waals surface area contributed by atoms with Crippen LogP contribution in [0.2, 0.25) is 0 Å². The van der Waals surface area contributed by atoms with Crippen LogP contribution >= 0.6 is 0 Å². The summed E-state index contributed by atoms with van der Waals surface area (Å²) in [6.45, 7) is 9.38. The minimum Gasteiger partial charge on any atom is -0.342 e. The van der Waals surface area contributed by atoms with E-state index in [4.69, 9.17) is 0 Å². The minimum absolute atomic E-state index is 0.353. The minimum atomic E-state index is 0.353. The average molecular weight is 212 g/mol. The Balaban J connectivity index is 2.14. The molecule has 0 saturated carbocycles. The number of hydrogen-bond acceptors (Lipinski definition) is 2. The molecule has 3 nitrogen and oxygen atoms in total. The van der Waals surface area contributed by atoms with Gasteiger partial charge in [-0.15, -0.1) is 0 Å². The first kappa shape index (κ1) is 12.5. The quantitative estimate of drug-likeness (QED) is 0.679. The van der Waals surface area contributed by atoms with Crippen LogP contribution in [0.15, 0.2) is 0 Å². The van der Waals surface area contributed by atoms with E-state index in [1.165, 1.54) is 0 Å².